The monoisotopic (exact) mass is 1060 g/mol. The highest BCUT2D eigenvalue weighted by Crippen LogP contribution is 2.46. The molecule has 73 heavy (non-hydrogen) atoms. The van der Waals surface area contributed by atoms with E-state index in [4.69, 9.17) is 56.4 Å². The van der Waals surface area contributed by atoms with Crippen LogP contribution in [0.3, 0.4) is 0 Å². The number of carbonyl (C=O) groups is 6. The first-order valence-corrected chi connectivity index (χ1v) is 23.0. The largest absolute Gasteiger partial charge is 0.508 e. The van der Waals surface area contributed by atoms with Crippen LogP contribution >= 0.6 is 35.4 Å². The van der Waals surface area contributed by atoms with E-state index in [2.05, 4.69) is 26.6 Å². The number of phenolic OH excluding ortho intramolecular Hbond substituents is 3. The van der Waals surface area contributed by atoms with Gasteiger partial charge in [-0.05, 0) is 93.9 Å². The smallest absolute Gasteiger partial charge is 0.247 e. The van der Waals surface area contributed by atoms with Crippen molar-refractivity contribution in [3.8, 4) is 51.4 Å². The molecule has 4 aliphatic rings. The number of aliphatic hydroxyl groups is 4. The van der Waals surface area contributed by atoms with Crippen molar-refractivity contribution in [2.45, 2.75) is 61.9 Å². The summed E-state index contributed by atoms with van der Waals surface area (Å²) in [5.41, 5.74) is 11.6. The van der Waals surface area contributed by atoms with Crippen molar-refractivity contribution >= 4 is 76.4 Å². The normalized spacial score (nSPS) is 21.2. The Morgan fingerprint density at radius 2 is 1.32 bits per heavy atom. The number of primary amides is 2. The predicted molar refractivity (Wildman–Crippen MR) is 262 cm³/mol. The third-order valence-corrected chi connectivity index (χ3v) is 12.7. The quantitative estimate of drug-likeness (QED) is 0.0700. The van der Waals surface area contributed by atoms with Gasteiger partial charge < -0.3 is 83.3 Å². The first kappa shape index (κ1) is 53.0. The Bertz CT molecular complexity index is 3060. The number of aromatic hydroxyl groups is 3. The number of carbonyl (C=O) groups excluding carboxylic acids is 6. The minimum Gasteiger partial charge on any atom is -0.508 e. The molecule has 0 radical (unpaired) electrons. The number of halogens is 2. The SMILES string of the molecule is NC(=O)CC1NC(=O)C(NC=O)C(O)c2ccc(c(Cl)c2)Oc2cc3cc(c2O)Oc2ccc(cc2Cl)C(O)C(C(N)=O)NC(=O)C(c2ccc(CO)c(-c4c(O)cc(O)cc4CCO)c2)NC(=S)C3NC1=O. The Morgan fingerprint density at radius 3 is 1.88 bits per heavy atom. The maximum atomic E-state index is 14.9. The van der Waals surface area contributed by atoms with Gasteiger partial charge in [0.25, 0.3) is 0 Å². The Morgan fingerprint density at radius 1 is 0.699 bits per heavy atom. The van der Waals surface area contributed by atoms with Gasteiger partial charge in [0.2, 0.25) is 41.7 Å². The van der Waals surface area contributed by atoms with Gasteiger partial charge >= 0.3 is 0 Å². The number of hydrogen-bond acceptors (Lipinski definition) is 16. The summed E-state index contributed by atoms with van der Waals surface area (Å²) in [6.45, 7) is -1.08. The van der Waals surface area contributed by atoms with Crippen molar-refractivity contribution in [2.75, 3.05) is 6.61 Å². The lowest BCUT2D eigenvalue weighted by Gasteiger charge is -2.31. The van der Waals surface area contributed by atoms with E-state index in [9.17, 15) is 64.5 Å². The van der Waals surface area contributed by atoms with Crippen LogP contribution in [0.25, 0.3) is 11.1 Å². The predicted octanol–water partition coefficient (Wildman–Crippen LogP) is 1.74. The van der Waals surface area contributed by atoms with E-state index >= 15 is 0 Å². The number of benzene rings is 5. The molecule has 4 heterocycles. The maximum Gasteiger partial charge on any atom is 0.247 e. The molecule has 382 valence electrons. The van der Waals surface area contributed by atoms with Crippen molar-refractivity contribution in [3.05, 3.63) is 122 Å². The van der Waals surface area contributed by atoms with E-state index < -0.39 is 120 Å². The van der Waals surface area contributed by atoms with Gasteiger partial charge in [-0.2, -0.15) is 0 Å². The number of ether oxygens (including phenoxy) is 2. The fourth-order valence-corrected chi connectivity index (χ4v) is 8.99. The molecule has 7 bridgehead atoms. The average Bonchev–Trinajstić information content (AvgIpc) is 3.33. The minimum absolute atomic E-state index is 0.0315. The van der Waals surface area contributed by atoms with Gasteiger partial charge in [-0.15, -0.1) is 0 Å². The van der Waals surface area contributed by atoms with Crippen molar-refractivity contribution in [3.63, 3.8) is 0 Å². The number of hydrogen-bond donors (Lipinski definition) is 14. The number of aliphatic hydroxyl groups excluding tert-OH is 4. The summed E-state index contributed by atoms with van der Waals surface area (Å²) in [5, 5.41) is 88.8. The molecule has 0 saturated heterocycles. The number of thiocarbonyl (C=S) groups is 1. The van der Waals surface area contributed by atoms with Gasteiger partial charge in [-0.1, -0.05) is 59.7 Å². The van der Waals surface area contributed by atoms with Crippen molar-refractivity contribution in [2.24, 2.45) is 11.5 Å². The van der Waals surface area contributed by atoms with E-state index in [1.54, 1.807) is 0 Å². The molecule has 0 saturated carbocycles. The molecule has 5 aromatic carbocycles. The second-order valence-electron chi connectivity index (χ2n) is 16.7. The Labute approximate surface area is 428 Å². The molecule has 16 N–H and O–H groups in total. The minimum atomic E-state index is -1.90. The molecule has 6 amide bonds. The van der Waals surface area contributed by atoms with Crippen molar-refractivity contribution in [1.82, 2.24) is 26.6 Å². The van der Waals surface area contributed by atoms with Crippen LogP contribution in [0.1, 0.15) is 64.1 Å². The van der Waals surface area contributed by atoms with E-state index in [1.165, 1.54) is 72.8 Å². The summed E-state index contributed by atoms with van der Waals surface area (Å²) in [5.74, 6) is -8.52. The highest BCUT2D eigenvalue weighted by atomic mass is 35.5. The summed E-state index contributed by atoms with van der Waals surface area (Å²) in [4.78, 5) is 80.2. The third-order valence-electron chi connectivity index (χ3n) is 11.8. The third kappa shape index (κ3) is 11.5. The maximum absolute atomic E-state index is 14.9. The molecule has 7 atom stereocenters. The second kappa shape index (κ2) is 22.3. The Hall–Kier alpha value is -7.77. The van der Waals surface area contributed by atoms with Gasteiger partial charge in [0.05, 0.1) is 23.1 Å². The van der Waals surface area contributed by atoms with E-state index in [-0.39, 0.29) is 84.6 Å². The summed E-state index contributed by atoms with van der Waals surface area (Å²) in [6, 6.07) is 7.04. The molecule has 0 fully saturated rings. The molecule has 5 aromatic rings. The van der Waals surface area contributed by atoms with Gasteiger partial charge in [-0.25, -0.2) is 0 Å². The van der Waals surface area contributed by atoms with Crippen LogP contribution in [0.5, 0.6) is 40.2 Å². The lowest BCUT2D eigenvalue weighted by molar-refractivity contribution is -0.134. The number of amides is 6. The fourth-order valence-electron chi connectivity index (χ4n) is 8.22. The molecule has 9 rings (SSSR count). The van der Waals surface area contributed by atoms with Gasteiger partial charge in [-0.3, -0.25) is 28.8 Å². The van der Waals surface area contributed by atoms with Gasteiger partial charge in [0.15, 0.2) is 11.5 Å². The van der Waals surface area contributed by atoms with E-state index in [0.717, 1.165) is 6.07 Å². The number of nitrogens with two attached hydrogens (primary N) is 2. The number of nitrogens with one attached hydrogen (secondary N) is 5. The number of phenols is 3. The molecule has 0 aliphatic carbocycles. The van der Waals surface area contributed by atoms with Crippen LogP contribution < -0.4 is 47.5 Å². The molecule has 25 heteroatoms. The van der Waals surface area contributed by atoms with Crippen molar-refractivity contribution in [1.29, 1.82) is 0 Å². The van der Waals surface area contributed by atoms with Crippen LogP contribution in [0.4, 0.5) is 0 Å². The number of fused-ring (bicyclic) bond motifs is 16. The molecule has 0 spiro atoms. The molecule has 0 aromatic heterocycles. The highest BCUT2D eigenvalue weighted by molar-refractivity contribution is 7.80. The van der Waals surface area contributed by atoms with Crippen molar-refractivity contribution < 1.29 is 74.0 Å². The van der Waals surface area contributed by atoms with Gasteiger partial charge in [0.1, 0.15) is 70.4 Å². The standard InChI is InChI=1S/C48H45Cl2N7O15S/c49-27-11-21-3-5-31(27)71-33-13-24-14-34(43(33)66)72-32-6-4-22(12-28(32)50)42(65)40(53-18-60)47(70)54-29(16-35(51)63)45(68)55-38(24)48(73)57-37(46(69)56-39(41(21)64)44(52)67)20-1-2-23(17-59)26(10-20)36-19(7-8-58)9-25(61)15-30(36)62/h1-6,9-15,18,29,37-42,58-59,61-62,64-66H,7-8,16-17H2,(H2,51,63)(H2,52,67)(H,53,60)(H,54,70)(H,55,68)(H,56,69)(H,57,73). The van der Waals surface area contributed by atoms with E-state index in [0.29, 0.717) is 0 Å². The molecule has 7 unspecified atom stereocenters. The summed E-state index contributed by atoms with van der Waals surface area (Å²) < 4.78 is 12.3. The lowest BCUT2D eigenvalue weighted by Crippen LogP contribution is -2.56. The topological polar surface area (TPSA) is 375 Å². The molecule has 22 nitrogen and oxygen atoms in total. The van der Waals surface area contributed by atoms with E-state index in [1.807, 2.05) is 0 Å². The average molecular weight is 1060 g/mol. The molecule has 4 aliphatic heterocycles. The molecular weight excluding hydrogens is 1020 g/mol. The molecular formula is C48H45Cl2N7O15S. The van der Waals surface area contributed by atoms with Crippen LogP contribution in [-0.4, -0.2) is 101 Å². The Kier molecular flexibility index (Phi) is 16.2. The fraction of sp³-hybridized carbons (Fsp3) is 0.229. The summed E-state index contributed by atoms with van der Waals surface area (Å²) in [7, 11) is 0. The second-order valence-corrected chi connectivity index (χ2v) is 17.9. The zero-order valence-electron chi connectivity index (χ0n) is 37.7. The first-order valence-electron chi connectivity index (χ1n) is 21.8. The zero-order valence-corrected chi connectivity index (χ0v) is 40.0. The lowest BCUT2D eigenvalue weighted by atomic mass is 9.90. The summed E-state index contributed by atoms with van der Waals surface area (Å²) >= 11 is 19.3. The first-order chi connectivity index (χ1) is 34.7. The van der Waals surface area contributed by atoms with Gasteiger partial charge in [0, 0.05) is 18.2 Å². The van der Waals surface area contributed by atoms with Crippen LogP contribution in [0.15, 0.2) is 78.9 Å². The summed E-state index contributed by atoms with van der Waals surface area (Å²) in [6.07, 6.45) is -4.60. The van der Waals surface area contributed by atoms with Crippen LogP contribution in [0, 0.1) is 0 Å². The Balaban J connectivity index is 1.49. The number of rotatable bonds is 10. The van der Waals surface area contributed by atoms with Crippen LogP contribution in [0.2, 0.25) is 10.0 Å². The highest BCUT2D eigenvalue weighted by Gasteiger charge is 2.38. The zero-order chi connectivity index (χ0) is 53.0. The van der Waals surface area contributed by atoms with Crippen LogP contribution in [-0.2, 0) is 41.8 Å².